The second-order valence-electron chi connectivity index (χ2n) is 7.87. The molecule has 0 spiro atoms. The third kappa shape index (κ3) is 3.72. The zero-order valence-corrected chi connectivity index (χ0v) is 15.7. The Balaban J connectivity index is 1.49. The van der Waals surface area contributed by atoms with Gasteiger partial charge in [0.15, 0.2) is 0 Å². The molecule has 4 heteroatoms. The van der Waals surface area contributed by atoms with Crippen LogP contribution in [-0.4, -0.2) is 42.2 Å². The van der Waals surface area contributed by atoms with Crippen molar-refractivity contribution < 1.29 is 14.6 Å². The molecule has 2 aliphatic rings. The maximum atomic E-state index is 13.2. The molecule has 4 rings (SSSR count). The van der Waals surface area contributed by atoms with Crippen LogP contribution in [0.1, 0.15) is 40.7 Å². The number of ether oxygens (including phenoxy) is 1. The summed E-state index contributed by atoms with van der Waals surface area (Å²) in [6.45, 7) is 2.12. The van der Waals surface area contributed by atoms with Gasteiger partial charge in [0.25, 0.3) is 5.91 Å². The highest BCUT2D eigenvalue weighted by molar-refractivity contribution is 5.97. The lowest BCUT2D eigenvalue weighted by Crippen LogP contribution is -2.48. The van der Waals surface area contributed by atoms with E-state index in [1.807, 2.05) is 41.3 Å². The van der Waals surface area contributed by atoms with Gasteiger partial charge in [0, 0.05) is 24.9 Å². The number of para-hydroxylation sites is 1. The van der Waals surface area contributed by atoms with Crippen molar-refractivity contribution >= 4 is 5.91 Å². The second kappa shape index (κ2) is 7.73. The smallest absolute Gasteiger partial charge is 0.257 e. The van der Waals surface area contributed by atoms with E-state index in [1.165, 1.54) is 5.56 Å². The van der Waals surface area contributed by atoms with Crippen LogP contribution < -0.4 is 4.74 Å². The van der Waals surface area contributed by atoms with Gasteiger partial charge in [-0.15, -0.1) is 0 Å². The summed E-state index contributed by atoms with van der Waals surface area (Å²) in [5.41, 5.74) is 2.85. The van der Waals surface area contributed by atoms with Crippen LogP contribution in [-0.2, 0) is 12.8 Å². The molecule has 2 aromatic rings. The van der Waals surface area contributed by atoms with Gasteiger partial charge in [0.2, 0.25) is 0 Å². The van der Waals surface area contributed by atoms with E-state index in [1.54, 1.807) is 0 Å². The number of piperidine rings is 1. The Morgan fingerprint density at radius 2 is 2.00 bits per heavy atom. The average Bonchev–Trinajstić information content (AvgIpc) is 3.22. The van der Waals surface area contributed by atoms with E-state index in [0.717, 1.165) is 50.0 Å². The molecule has 4 nitrogen and oxygen atoms in total. The van der Waals surface area contributed by atoms with Gasteiger partial charge in [0.1, 0.15) is 5.75 Å². The monoisotopic (exact) mass is 365 g/mol. The quantitative estimate of drug-likeness (QED) is 0.883. The Bertz CT molecular complexity index is 805. The number of hydrogen-bond acceptors (Lipinski definition) is 3. The molecule has 1 saturated heterocycles. The number of hydrogen-bond donors (Lipinski definition) is 1. The van der Waals surface area contributed by atoms with Crippen molar-refractivity contribution in [1.29, 1.82) is 0 Å². The summed E-state index contributed by atoms with van der Waals surface area (Å²) in [7, 11) is 0. The van der Waals surface area contributed by atoms with E-state index in [0.29, 0.717) is 18.7 Å². The van der Waals surface area contributed by atoms with Crippen molar-refractivity contribution in [1.82, 2.24) is 4.90 Å². The molecule has 2 aromatic carbocycles. The molecule has 27 heavy (non-hydrogen) atoms. The summed E-state index contributed by atoms with van der Waals surface area (Å²) in [6.07, 6.45) is 4.57. The van der Waals surface area contributed by atoms with Gasteiger partial charge in [0.05, 0.1) is 18.8 Å². The van der Waals surface area contributed by atoms with Gasteiger partial charge in [-0.25, -0.2) is 0 Å². The van der Waals surface area contributed by atoms with Gasteiger partial charge in [-0.05, 0) is 42.9 Å². The zero-order valence-electron chi connectivity index (χ0n) is 15.7. The van der Waals surface area contributed by atoms with Crippen LogP contribution in [0.15, 0.2) is 48.5 Å². The highest BCUT2D eigenvalue weighted by atomic mass is 16.5. The number of aliphatic hydroxyl groups is 1. The fourth-order valence-electron chi connectivity index (χ4n) is 4.40. The van der Waals surface area contributed by atoms with Crippen LogP contribution in [0, 0.1) is 5.41 Å². The molecule has 142 valence electrons. The standard InChI is InChI=1S/C23H27NO3/c25-17-23(13-10-18-6-2-1-3-7-18)12-5-14-24(16-23)22(26)20-9-4-8-19-11-15-27-21(19)20/h1-4,6-9,25H,5,10-17H2. The molecule has 2 aliphatic heterocycles. The third-order valence-electron chi connectivity index (χ3n) is 6.02. The number of nitrogens with zero attached hydrogens (tertiary/aromatic N) is 1. The fraction of sp³-hybridized carbons (Fsp3) is 0.435. The zero-order chi connectivity index (χ0) is 18.7. The second-order valence-corrected chi connectivity index (χ2v) is 7.87. The SMILES string of the molecule is O=C(c1cccc2c1OCC2)N1CCCC(CO)(CCc2ccccc2)C1. The van der Waals surface area contributed by atoms with E-state index in [-0.39, 0.29) is 17.9 Å². The number of rotatable bonds is 5. The Morgan fingerprint density at radius 1 is 1.15 bits per heavy atom. The average molecular weight is 365 g/mol. The van der Waals surface area contributed by atoms with Crippen molar-refractivity contribution in [2.45, 2.75) is 32.1 Å². The Labute approximate surface area is 160 Å². The first-order valence-electron chi connectivity index (χ1n) is 9.90. The highest BCUT2D eigenvalue weighted by Crippen LogP contribution is 2.36. The molecule has 2 heterocycles. The van der Waals surface area contributed by atoms with Crippen LogP contribution in [0.25, 0.3) is 0 Å². The number of carbonyl (C=O) groups excluding carboxylic acids is 1. The largest absolute Gasteiger partial charge is 0.492 e. The van der Waals surface area contributed by atoms with Crippen LogP contribution in [0.4, 0.5) is 0 Å². The number of amides is 1. The Kier molecular flexibility index (Phi) is 5.17. The third-order valence-corrected chi connectivity index (χ3v) is 6.02. The summed E-state index contributed by atoms with van der Waals surface area (Å²) < 4.78 is 5.73. The molecule has 0 bridgehead atoms. The molecular weight excluding hydrogens is 338 g/mol. The van der Waals surface area contributed by atoms with E-state index < -0.39 is 0 Å². The first-order chi connectivity index (χ1) is 13.2. The van der Waals surface area contributed by atoms with E-state index in [9.17, 15) is 9.90 Å². The molecule has 1 N–H and O–H groups in total. The van der Waals surface area contributed by atoms with Crippen molar-refractivity contribution in [2.24, 2.45) is 5.41 Å². The molecule has 0 saturated carbocycles. The predicted molar refractivity (Wildman–Crippen MR) is 105 cm³/mol. The number of aliphatic hydroxyl groups excluding tert-OH is 1. The van der Waals surface area contributed by atoms with E-state index >= 15 is 0 Å². The van der Waals surface area contributed by atoms with Crippen molar-refractivity contribution in [3.05, 3.63) is 65.2 Å². The summed E-state index contributed by atoms with van der Waals surface area (Å²) in [4.78, 5) is 15.1. The van der Waals surface area contributed by atoms with Crippen LogP contribution >= 0.6 is 0 Å². The van der Waals surface area contributed by atoms with E-state index in [2.05, 4.69) is 12.1 Å². The highest BCUT2D eigenvalue weighted by Gasteiger charge is 2.37. The number of carbonyl (C=O) groups is 1. The van der Waals surface area contributed by atoms with Crippen molar-refractivity contribution in [3.63, 3.8) is 0 Å². The normalized spacial score (nSPS) is 21.6. The minimum absolute atomic E-state index is 0.0333. The maximum Gasteiger partial charge on any atom is 0.257 e. The lowest BCUT2D eigenvalue weighted by atomic mass is 9.76. The Morgan fingerprint density at radius 3 is 2.81 bits per heavy atom. The fourth-order valence-corrected chi connectivity index (χ4v) is 4.40. The summed E-state index contributed by atoms with van der Waals surface area (Å²) >= 11 is 0. The molecular formula is C23H27NO3. The molecule has 0 radical (unpaired) electrons. The van der Waals surface area contributed by atoms with Crippen molar-refractivity contribution in [3.8, 4) is 5.75 Å². The van der Waals surface area contributed by atoms with Crippen molar-refractivity contribution in [2.75, 3.05) is 26.3 Å². The minimum atomic E-state index is -0.220. The molecule has 1 fully saturated rings. The number of likely N-dealkylation sites (tertiary alicyclic amines) is 1. The lowest BCUT2D eigenvalue weighted by molar-refractivity contribution is 0.0226. The predicted octanol–water partition coefficient (Wildman–Crippen LogP) is 3.47. The first-order valence-corrected chi connectivity index (χ1v) is 9.90. The number of aryl methyl sites for hydroxylation is 1. The number of benzene rings is 2. The molecule has 0 aliphatic carbocycles. The lowest BCUT2D eigenvalue weighted by Gasteiger charge is -2.42. The maximum absolute atomic E-state index is 13.2. The topological polar surface area (TPSA) is 49.8 Å². The molecule has 0 aromatic heterocycles. The number of fused-ring (bicyclic) bond motifs is 1. The molecule has 1 atom stereocenters. The first kappa shape index (κ1) is 18.1. The van der Waals surface area contributed by atoms with Gasteiger partial charge < -0.3 is 14.7 Å². The van der Waals surface area contributed by atoms with Crippen LogP contribution in [0.2, 0.25) is 0 Å². The minimum Gasteiger partial charge on any atom is -0.492 e. The van der Waals surface area contributed by atoms with Gasteiger partial charge >= 0.3 is 0 Å². The van der Waals surface area contributed by atoms with E-state index in [4.69, 9.17) is 4.74 Å². The van der Waals surface area contributed by atoms with Crippen LogP contribution in [0.3, 0.4) is 0 Å². The van der Waals surface area contributed by atoms with Gasteiger partial charge in [-0.3, -0.25) is 4.79 Å². The van der Waals surface area contributed by atoms with Gasteiger partial charge in [-0.2, -0.15) is 0 Å². The Hall–Kier alpha value is -2.33. The summed E-state index contributed by atoms with van der Waals surface area (Å²) in [5, 5.41) is 10.2. The summed E-state index contributed by atoms with van der Waals surface area (Å²) in [6, 6.07) is 16.2. The van der Waals surface area contributed by atoms with Crippen LogP contribution in [0.5, 0.6) is 5.75 Å². The summed E-state index contributed by atoms with van der Waals surface area (Å²) in [5.74, 6) is 0.790. The van der Waals surface area contributed by atoms with Gasteiger partial charge in [-0.1, -0.05) is 42.5 Å². The molecule has 1 amide bonds. The molecule has 1 unspecified atom stereocenters.